The van der Waals surface area contributed by atoms with Gasteiger partial charge in [0.25, 0.3) is 0 Å². The van der Waals surface area contributed by atoms with Crippen LogP contribution in [0.5, 0.6) is 0 Å². The Balaban J connectivity index is 2.00. The van der Waals surface area contributed by atoms with Crippen LogP contribution in [0.1, 0.15) is 29.2 Å². The highest BCUT2D eigenvalue weighted by molar-refractivity contribution is 5.32. The van der Waals surface area contributed by atoms with Crippen molar-refractivity contribution in [2.45, 2.75) is 32.4 Å². The average Bonchev–Trinajstić information content (AvgIpc) is 2.30. The number of ether oxygens (including phenoxy) is 1. The van der Waals surface area contributed by atoms with Crippen molar-refractivity contribution in [2.24, 2.45) is 5.73 Å². The molecule has 1 saturated heterocycles. The predicted molar refractivity (Wildman–Crippen MR) is 70.1 cm³/mol. The summed E-state index contributed by atoms with van der Waals surface area (Å²) in [5.74, 6) is 0. The SMILES string of the molecule is Cc1ccc(C(N)CC2CNCCO2)c(C)c1. The number of hydrogen-bond donors (Lipinski definition) is 2. The molecule has 0 spiro atoms. The number of aryl methyl sites for hydroxylation is 2. The first kappa shape index (κ1) is 12.6. The summed E-state index contributed by atoms with van der Waals surface area (Å²) in [5, 5.41) is 3.33. The molecule has 0 aromatic heterocycles. The number of morpholine rings is 1. The lowest BCUT2D eigenvalue weighted by Gasteiger charge is -2.26. The first-order valence-electron chi connectivity index (χ1n) is 6.32. The van der Waals surface area contributed by atoms with Gasteiger partial charge in [-0.1, -0.05) is 23.8 Å². The summed E-state index contributed by atoms with van der Waals surface area (Å²) in [4.78, 5) is 0. The van der Waals surface area contributed by atoms with Crippen LogP contribution in [0.3, 0.4) is 0 Å². The number of rotatable bonds is 3. The van der Waals surface area contributed by atoms with Crippen LogP contribution < -0.4 is 11.1 Å². The van der Waals surface area contributed by atoms with Crippen LogP contribution in [0.15, 0.2) is 18.2 Å². The molecule has 3 N–H and O–H groups in total. The molecular weight excluding hydrogens is 212 g/mol. The predicted octanol–water partition coefficient (Wildman–Crippen LogP) is 1.68. The Kier molecular flexibility index (Phi) is 4.15. The van der Waals surface area contributed by atoms with E-state index in [0.29, 0.717) is 0 Å². The van der Waals surface area contributed by atoms with E-state index >= 15 is 0 Å². The third kappa shape index (κ3) is 3.28. The van der Waals surface area contributed by atoms with Crippen LogP contribution in [0.4, 0.5) is 0 Å². The highest BCUT2D eigenvalue weighted by atomic mass is 16.5. The highest BCUT2D eigenvalue weighted by Crippen LogP contribution is 2.22. The Hall–Kier alpha value is -0.900. The van der Waals surface area contributed by atoms with Gasteiger partial charge in [0.15, 0.2) is 0 Å². The molecule has 3 nitrogen and oxygen atoms in total. The van der Waals surface area contributed by atoms with Gasteiger partial charge in [-0.3, -0.25) is 0 Å². The Morgan fingerprint density at radius 1 is 1.47 bits per heavy atom. The van der Waals surface area contributed by atoms with Gasteiger partial charge >= 0.3 is 0 Å². The van der Waals surface area contributed by atoms with Crippen molar-refractivity contribution in [1.29, 1.82) is 0 Å². The lowest BCUT2D eigenvalue weighted by molar-refractivity contribution is 0.0195. The highest BCUT2D eigenvalue weighted by Gasteiger charge is 2.18. The van der Waals surface area contributed by atoms with E-state index in [4.69, 9.17) is 10.5 Å². The van der Waals surface area contributed by atoms with Gasteiger partial charge in [0.1, 0.15) is 0 Å². The number of nitrogens with two attached hydrogens (primary N) is 1. The second-order valence-electron chi connectivity index (χ2n) is 4.90. The maximum absolute atomic E-state index is 6.27. The minimum absolute atomic E-state index is 0.0699. The van der Waals surface area contributed by atoms with Crippen molar-refractivity contribution in [3.8, 4) is 0 Å². The molecular formula is C14H22N2O. The minimum Gasteiger partial charge on any atom is -0.376 e. The van der Waals surface area contributed by atoms with E-state index in [0.717, 1.165) is 26.1 Å². The molecule has 0 amide bonds. The summed E-state index contributed by atoms with van der Waals surface area (Å²) in [6, 6.07) is 6.53. The van der Waals surface area contributed by atoms with Crippen molar-refractivity contribution < 1.29 is 4.74 Å². The summed E-state index contributed by atoms with van der Waals surface area (Å²) >= 11 is 0. The third-order valence-corrected chi connectivity index (χ3v) is 3.35. The van der Waals surface area contributed by atoms with E-state index in [-0.39, 0.29) is 12.1 Å². The summed E-state index contributed by atoms with van der Waals surface area (Å²) in [7, 11) is 0. The molecule has 1 aromatic carbocycles. The zero-order valence-corrected chi connectivity index (χ0v) is 10.7. The third-order valence-electron chi connectivity index (χ3n) is 3.35. The maximum atomic E-state index is 6.27. The molecule has 2 rings (SSSR count). The quantitative estimate of drug-likeness (QED) is 0.836. The van der Waals surface area contributed by atoms with Crippen LogP contribution in [-0.4, -0.2) is 25.8 Å². The summed E-state index contributed by atoms with van der Waals surface area (Å²) in [6.07, 6.45) is 1.14. The van der Waals surface area contributed by atoms with Crippen LogP contribution in [-0.2, 0) is 4.74 Å². The monoisotopic (exact) mass is 234 g/mol. The second-order valence-corrected chi connectivity index (χ2v) is 4.90. The number of nitrogens with one attached hydrogen (secondary N) is 1. The normalized spacial score (nSPS) is 22.4. The number of benzene rings is 1. The van der Waals surface area contributed by atoms with E-state index in [9.17, 15) is 0 Å². The minimum atomic E-state index is 0.0699. The van der Waals surface area contributed by atoms with Crippen LogP contribution in [0.25, 0.3) is 0 Å². The van der Waals surface area contributed by atoms with Gasteiger partial charge in [0.2, 0.25) is 0 Å². The molecule has 0 radical (unpaired) electrons. The van der Waals surface area contributed by atoms with Crippen LogP contribution in [0.2, 0.25) is 0 Å². The van der Waals surface area contributed by atoms with E-state index in [2.05, 4.69) is 37.4 Å². The first-order chi connectivity index (χ1) is 8.16. The molecule has 0 aliphatic carbocycles. The van der Waals surface area contributed by atoms with Gasteiger partial charge in [-0.15, -0.1) is 0 Å². The summed E-state index contributed by atoms with van der Waals surface area (Å²) < 4.78 is 5.69. The molecule has 1 aliphatic rings. The summed E-state index contributed by atoms with van der Waals surface area (Å²) in [5.41, 5.74) is 10.1. The molecule has 0 saturated carbocycles. The summed E-state index contributed by atoms with van der Waals surface area (Å²) in [6.45, 7) is 6.90. The van der Waals surface area contributed by atoms with Crippen molar-refractivity contribution in [2.75, 3.05) is 19.7 Å². The Bertz CT molecular complexity index is 372. The van der Waals surface area contributed by atoms with Gasteiger partial charge in [-0.2, -0.15) is 0 Å². The van der Waals surface area contributed by atoms with Crippen LogP contribution >= 0.6 is 0 Å². The van der Waals surface area contributed by atoms with E-state index in [1.165, 1.54) is 16.7 Å². The smallest absolute Gasteiger partial charge is 0.0718 e. The molecule has 2 atom stereocenters. The molecule has 1 heterocycles. The zero-order valence-electron chi connectivity index (χ0n) is 10.7. The maximum Gasteiger partial charge on any atom is 0.0718 e. The van der Waals surface area contributed by atoms with Crippen LogP contribution in [0, 0.1) is 13.8 Å². The van der Waals surface area contributed by atoms with Gasteiger partial charge in [-0.25, -0.2) is 0 Å². The molecule has 17 heavy (non-hydrogen) atoms. The lowest BCUT2D eigenvalue weighted by atomic mass is 9.95. The Morgan fingerprint density at radius 2 is 2.29 bits per heavy atom. The molecule has 1 aromatic rings. The lowest BCUT2D eigenvalue weighted by Crippen LogP contribution is -2.40. The van der Waals surface area contributed by atoms with Crippen molar-refractivity contribution in [3.05, 3.63) is 34.9 Å². The van der Waals surface area contributed by atoms with Gasteiger partial charge < -0.3 is 15.8 Å². The van der Waals surface area contributed by atoms with E-state index < -0.39 is 0 Å². The topological polar surface area (TPSA) is 47.3 Å². The van der Waals surface area contributed by atoms with Gasteiger partial charge in [-0.05, 0) is 31.4 Å². The van der Waals surface area contributed by atoms with Crippen molar-refractivity contribution >= 4 is 0 Å². The fraction of sp³-hybridized carbons (Fsp3) is 0.571. The molecule has 2 unspecified atom stereocenters. The van der Waals surface area contributed by atoms with Gasteiger partial charge in [0, 0.05) is 19.1 Å². The Labute approximate surface area is 103 Å². The average molecular weight is 234 g/mol. The molecule has 1 aliphatic heterocycles. The standard InChI is InChI=1S/C14H22N2O/c1-10-3-4-13(11(2)7-10)14(15)8-12-9-16-5-6-17-12/h3-4,7,12,14,16H,5-6,8-9,15H2,1-2H3. The van der Waals surface area contributed by atoms with E-state index in [1.54, 1.807) is 0 Å². The van der Waals surface area contributed by atoms with E-state index in [1.807, 2.05) is 0 Å². The zero-order chi connectivity index (χ0) is 12.3. The largest absolute Gasteiger partial charge is 0.376 e. The first-order valence-corrected chi connectivity index (χ1v) is 6.32. The van der Waals surface area contributed by atoms with Crippen molar-refractivity contribution in [1.82, 2.24) is 5.32 Å². The molecule has 0 bridgehead atoms. The Morgan fingerprint density at radius 3 is 2.94 bits per heavy atom. The van der Waals surface area contributed by atoms with Crippen molar-refractivity contribution in [3.63, 3.8) is 0 Å². The fourth-order valence-corrected chi connectivity index (χ4v) is 2.42. The number of hydrogen-bond acceptors (Lipinski definition) is 3. The molecule has 3 heteroatoms. The fourth-order valence-electron chi connectivity index (χ4n) is 2.42. The second kappa shape index (κ2) is 5.63. The molecule has 94 valence electrons. The van der Waals surface area contributed by atoms with Gasteiger partial charge in [0.05, 0.1) is 12.7 Å². The molecule has 1 fully saturated rings.